The summed E-state index contributed by atoms with van der Waals surface area (Å²) in [6, 6.07) is 63.5. The van der Waals surface area contributed by atoms with Crippen LogP contribution in [0.5, 0.6) is 0 Å². The van der Waals surface area contributed by atoms with Gasteiger partial charge < -0.3 is 9.80 Å². The summed E-state index contributed by atoms with van der Waals surface area (Å²) >= 11 is 0. The highest BCUT2D eigenvalue weighted by atomic mass is 15.2. The Balaban J connectivity index is 1.20. The predicted molar refractivity (Wildman–Crippen MR) is 304 cm³/mol. The molecule has 0 saturated carbocycles. The first-order chi connectivity index (χ1) is 33.0. The summed E-state index contributed by atoms with van der Waals surface area (Å²) in [5.74, 6) is 0. The Bertz CT molecular complexity index is 3380. The van der Waals surface area contributed by atoms with Crippen molar-refractivity contribution in [3.63, 3.8) is 0 Å². The molecule has 2 aliphatic heterocycles. The minimum absolute atomic E-state index is 0.00439. The average Bonchev–Trinajstić information content (AvgIpc) is 3.55. The summed E-state index contributed by atoms with van der Waals surface area (Å²) in [5.41, 5.74) is 26.9. The molecule has 8 aromatic carbocycles. The van der Waals surface area contributed by atoms with Crippen molar-refractivity contribution in [3.05, 3.63) is 197 Å². The second-order valence-electron chi connectivity index (χ2n) is 25.1. The van der Waals surface area contributed by atoms with Crippen molar-refractivity contribution in [1.82, 2.24) is 0 Å². The van der Waals surface area contributed by atoms with Crippen LogP contribution in [0.25, 0.3) is 33.4 Å². The van der Waals surface area contributed by atoms with Gasteiger partial charge in [0.05, 0.1) is 5.69 Å². The number of rotatable bonds is 4. The SMILES string of the molecule is CC(C)(C)c1ccc2c(c1)B1c3cc(C(C)(C)C)ccc3N(c3ccc(C(C)(C)C)cc3-c3ccccc3)c3cc(C(C)(C)C)cc(c31)N2c1ccc(-c2cccc3c2-c2ccccc2C3(C)C)cc1. The summed E-state index contributed by atoms with van der Waals surface area (Å²) in [7, 11) is 0. The van der Waals surface area contributed by atoms with Gasteiger partial charge in [-0.3, -0.25) is 0 Å². The fourth-order valence-corrected chi connectivity index (χ4v) is 11.7. The van der Waals surface area contributed by atoms with E-state index >= 15 is 0 Å². The lowest BCUT2D eigenvalue weighted by molar-refractivity contribution is 0.589. The Hall–Kier alpha value is -6.58. The Labute approximate surface area is 419 Å². The highest BCUT2D eigenvalue weighted by Crippen LogP contribution is 2.53. The molecule has 70 heavy (non-hydrogen) atoms. The summed E-state index contributed by atoms with van der Waals surface area (Å²) in [4.78, 5) is 5.23. The van der Waals surface area contributed by atoms with E-state index in [1.165, 1.54) is 112 Å². The van der Waals surface area contributed by atoms with Crippen LogP contribution in [0.3, 0.4) is 0 Å². The molecule has 0 radical (unpaired) electrons. The lowest BCUT2D eigenvalue weighted by Crippen LogP contribution is -2.62. The summed E-state index contributed by atoms with van der Waals surface area (Å²) < 4.78 is 0. The first-order valence-corrected chi connectivity index (χ1v) is 25.6. The van der Waals surface area contributed by atoms with Gasteiger partial charge in [-0.15, -0.1) is 0 Å². The highest BCUT2D eigenvalue weighted by molar-refractivity contribution is 7.00. The van der Waals surface area contributed by atoms with Gasteiger partial charge in [-0.25, -0.2) is 0 Å². The Kier molecular flexibility index (Phi) is 10.3. The molecule has 8 aromatic rings. The molecule has 1 aliphatic carbocycles. The molecule has 3 heteroatoms. The minimum atomic E-state index is -0.134. The maximum Gasteiger partial charge on any atom is 0.252 e. The van der Waals surface area contributed by atoms with Crippen molar-refractivity contribution in [2.45, 2.75) is 124 Å². The monoisotopic (exact) mass is 913 g/mol. The molecule has 0 unspecified atom stereocenters. The third-order valence-electron chi connectivity index (χ3n) is 15.9. The smallest absolute Gasteiger partial charge is 0.252 e. The first kappa shape index (κ1) is 45.8. The van der Waals surface area contributed by atoms with Gasteiger partial charge in [-0.1, -0.05) is 212 Å². The van der Waals surface area contributed by atoms with Crippen LogP contribution in [0, 0.1) is 0 Å². The van der Waals surface area contributed by atoms with E-state index in [1.807, 2.05) is 0 Å². The van der Waals surface area contributed by atoms with E-state index in [2.05, 4.69) is 271 Å². The van der Waals surface area contributed by atoms with E-state index < -0.39 is 0 Å². The second-order valence-corrected chi connectivity index (χ2v) is 25.1. The molecular formula is C67H69BN2. The standard InChI is InChI=1S/C67H69BN2/c1-63(2,3)44-29-34-56(51(37-44)42-21-16-15-17-22-42)70-58-36-31-46(65(7,8)9)39-55(58)68-54-38-45(64(4,5)6)30-35-57(54)69(59-40-47(66(10,11)12)41-60(70)62(59)68)48-32-27-43(28-33-48)49-24-20-26-53-61(49)50-23-18-19-25-52(50)67(53,13)14/h15-41H,1-14H3. The van der Waals surface area contributed by atoms with Crippen molar-refractivity contribution >= 4 is 57.2 Å². The number of fused-ring (bicyclic) bond motifs is 7. The number of hydrogen-bond donors (Lipinski definition) is 0. The van der Waals surface area contributed by atoms with Gasteiger partial charge in [0, 0.05) is 39.4 Å². The average molecular weight is 913 g/mol. The zero-order valence-electron chi connectivity index (χ0n) is 44.1. The second kappa shape index (κ2) is 15.7. The molecule has 0 N–H and O–H groups in total. The third kappa shape index (κ3) is 7.29. The molecule has 0 bridgehead atoms. The molecule has 2 heterocycles. The lowest BCUT2D eigenvalue weighted by atomic mass is 9.33. The van der Waals surface area contributed by atoms with Crippen LogP contribution in [0.4, 0.5) is 34.1 Å². The highest BCUT2D eigenvalue weighted by Gasteiger charge is 2.45. The van der Waals surface area contributed by atoms with Crippen LogP contribution < -0.4 is 26.2 Å². The van der Waals surface area contributed by atoms with Gasteiger partial charge in [0.1, 0.15) is 0 Å². The van der Waals surface area contributed by atoms with Crippen LogP contribution in [0.2, 0.25) is 0 Å². The number of nitrogens with zero attached hydrogens (tertiary/aromatic N) is 2. The summed E-state index contributed by atoms with van der Waals surface area (Å²) in [5, 5.41) is 0. The molecular weight excluding hydrogens is 844 g/mol. The molecule has 350 valence electrons. The van der Waals surface area contributed by atoms with Crippen LogP contribution in [0.15, 0.2) is 164 Å². The number of anilines is 6. The molecule has 0 amide bonds. The van der Waals surface area contributed by atoms with Crippen LogP contribution in [0.1, 0.15) is 130 Å². The third-order valence-corrected chi connectivity index (χ3v) is 15.9. The molecule has 11 rings (SSSR count). The van der Waals surface area contributed by atoms with Gasteiger partial charge in [0.2, 0.25) is 0 Å². The van der Waals surface area contributed by atoms with Crippen LogP contribution in [-0.2, 0) is 27.1 Å². The Morgan fingerprint density at radius 1 is 0.357 bits per heavy atom. The van der Waals surface area contributed by atoms with Crippen molar-refractivity contribution in [2.75, 3.05) is 9.80 Å². The molecule has 0 atom stereocenters. The van der Waals surface area contributed by atoms with Crippen molar-refractivity contribution in [1.29, 1.82) is 0 Å². The van der Waals surface area contributed by atoms with E-state index in [-0.39, 0.29) is 33.8 Å². The van der Waals surface area contributed by atoms with Crippen molar-refractivity contribution in [3.8, 4) is 33.4 Å². The fourth-order valence-electron chi connectivity index (χ4n) is 11.7. The van der Waals surface area contributed by atoms with Crippen LogP contribution >= 0.6 is 0 Å². The summed E-state index contributed by atoms with van der Waals surface area (Å²) in [6.45, 7) is 32.9. The van der Waals surface area contributed by atoms with Crippen molar-refractivity contribution < 1.29 is 0 Å². The van der Waals surface area contributed by atoms with E-state index in [1.54, 1.807) is 0 Å². The minimum Gasteiger partial charge on any atom is -0.311 e. The Morgan fingerprint density at radius 2 is 0.829 bits per heavy atom. The number of hydrogen-bond acceptors (Lipinski definition) is 2. The van der Waals surface area contributed by atoms with Crippen LogP contribution in [-0.4, -0.2) is 6.71 Å². The number of benzene rings is 8. The zero-order valence-corrected chi connectivity index (χ0v) is 44.1. The quantitative estimate of drug-likeness (QED) is 0.162. The molecule has 0 spiro atoms. The largest absolute Gasteiger partial charge is 0.311 e. The molecule has 2 nitrogen and oxygen atoms in total. The van der Waals surface area contributed by atoms with Gasteiger partial charge in [-0.2, -0.15) is 0 Å². The topological polar surface area (TPSA) is 6.48 Å². The van der Waals surface area contributed by atoms with E-state index in [4.69, 9.17) is 0 Å². The Morgan fingerprint density at radius 3 is 1.41 bits per heavy atom. The van der Waals surface area contributed by atoms with Gasteiger partial charge in [0.15, 0.2) is 0 Å². The van der Waals surface area contributed by atoms with Gasteiger partial charge in [0.25, 0.3) is 6.71 Å². The predicted octanol–water partition coefficient (Wildman–Crippen LogP) is 16.6. The summed E-state index contributed by atoms with van der Waals surface area (Å²) in [6.07, 6.45) is 0. The maximum atomic E-state index is 2.64. The maximum absolute atomic E-state index is 2.64. The molecule has 3 aliphatic rings. The van der Waals surface area contributed by atoms with E-state index in [9.17, 15) is 0 Å². The van der Waals surface area contributed by atoms with E-state index in [0.29, 0.717) is 0 Å². The van der Waals surface area contributed by atoms with Gasteiger partial charge in [-0.05, 0) is 148 Å². The van der Waals surface area contributed by atoms with Crippen molar-refractivity contribution in [2.24, 2.45) is 0 Å². The van der Waals surface area contributed by atoms with E-state index in [0.717, 1.165) is 5.69 Å². The zero-order chi connectivity index (χ0) is 49.4. The molecule has 0 aromatic heterocycles. The normalized spacial score (nSPS) is 14.7. The fraction of sp³-hybridized carbons (Fsp3) is 0.284. The lowest BCUT2D eigenvalue weighted by Gasteiger charge is -2.46. The first-order valence-electron chi connectivity index (χ1n) is 25.6. The molecule has 0 saturated heterocycles. The molecule has 0 fully saturated rings. The van der Waals surface area contributed by atoms with Gasteiger partial charge >= 0.3 is 0 Å².